The number of halogens is 2. The summed E-state index contributed by atoms with van der Waals surface area (Å²) in [5, 5.41) is 0.699. The van der Waals surface area contributed by atoms with Crippen molar-refractivity contribution in [2.75, 3.05) is 0 Å². The Bertz CT molecular complexity index is 763. The lowest BCUT2D eigenvalue weighted by Gasteiger charge is -2.29. The number of nitrogens with zero attached hydrogens (tertiary/aromatic N) is 1. The first-order chi connectivity index (χ1) is 10.5. The van der Waals surface area contributed by atoms with Crippen LogP contribution >= 0.6 is 11.6 Å². The highest BCUT2D eigenvalue weighted by Gasteiger charge is 2.28. The van der Waals surface area contributed by atoms with Crippen molar-refractivity contribution in [3.05, 3.63) is 81.7 Å². The molecular weight excluding hydrogens is 297 g/mol. The standard InChI is InChI=1S/C19H17ClFN/c1-11(2)18-12(3)19(13-4-6-14(20)7-5-13)22-17-9-8-15(21)10-16(17)18/h4-8,10,17H,1,9H2,2-3H3. The van der Waals surface area contributed by atoms with Gasteiger partial charge in [-0.15, -0.1) is 0 Å². The van der Waals surface area contributed by atoms with Gasteiger partial charge in [0, 0.05) is 10.6 Å². The van der Waals surface area contributed by atoms with Crippen molar-refractivity contribution in [1.29, 1.82) is 0 Å². The van der Waals surface area contributed by atoms with E-state index in [1.54, 1.807) is 12.2 Å². The van der Waals surface area contributed by atoms with E-state index in [1.165, 1.54) is 0 Å². The molecule has 112 valence electrons. The van der Waals surface area contributed by atoms with E-state index in [4.69, 9.17) is 16.6 Å². The highest BCUT2D eigenvalue weighted by Crippen LogP contribution is 2.37. The highest BCUT2D eigenvalue weighted by atomic mass is 35.5. The first-order valence-electron chi connectivity index (χ1n) is 7.26. The number of aliphatic imine (C=N–C) groups is 1. The Kier molecular flexibility index (Phi) is 3.88. The zero-order valence-electron chi connectivity index (χ0n) is 12.7. The van der Waals surface area contributed by atoms with E-state index in [0.717, 1.165) is 33.6 Å². The van der Waals surface area contributed by atoms with Crippen LogP contribution in [0.5, 0.6) is 0 Å². The molecule has 0 bridgehead atoms. The van der Waals surface area contributed by atoms with Gasteiger partial charge in [-0.05, 0) is 61.3 Å². The second kappa shape index (κ2) is 5.69. The van der Waals surface area contributed by atoms with Gasteiger partial charge in [0.2, 0.25) is 0 Å². The third kappa shape index (κ3) is 2.59. The molecule has 1 heterocycles. The Hall–Kier alpha value is -1.93. The molecule has 0 spiro atoms. The van der Waals surface area contributed by atoms with Gasteiger partial charge in [-0.2, -0.15) is 0 Å². The van der Waals surface area contributed by atoms with Crippen LogP contribution in [0.2, 0.25) is 5.02 Å². The van der Waals surface area contributed by atoms with Crippen LogP contribution in [0.25, 0.3) is 0 Å². The van der Waals surface area contributed by atoms with E-state index in [9.17, 15) is 4.39 Å². The normalized spacial score (nSPS) is 20.9. The minimum absolute atomic E-state index is 0.0411. The topological polar surface area (TPSA) is 12.4 Å². The van der Waals surface area contributed by atoms with Gasteiger partial charge in [0.1, 0.15) is 5.83 Å². The summed E-state index contributed by atoms with van der Waals surface area (Å²) in [5.41, 5.74) is 5.88. The molecule has 1 aliphatic heterocycles. The predicted molar refractivity (Wildman–Crippen MR) is 91.2 cm³/mol. The van der Waals surface area contributed by atoms with Crippen molar-refractivity contribution in [3.63, 3.8) is 0 Å². The van der Waals surface area contributed by atoms with Crippen LogP contribution in [0.3, 0.4) is 0 Å². The van der Waals surface area contributed by atoms with Crippen molar-refractivity contribution in [1.82, 2.24) is 0 Å². The van der Waals surface area contributed by atoms with E-state index < -0.39 is 0 Å². The Morgan fingerprint density at radius 1 is 1.32 bits per heavy atom. The van der Waals surface area contributed by atoms with Gasteiger partial charge in [0.25, 0.3) is 0 Å². The molecule has 2 aliphatic rings. The molecule has 1 atom stereocenters. The van der Waals surface area contributed by atoms with E-state index >= 15 is 0 Å². The van der Waals surface area contributed by atoms with Gasteiger partial charge >= 0.3 is 0 Å². The van der Waals surface area contributed by atoms with Crippen molar-refractivity contribution in [3.8, 4) is 0 Å². The monoisotopic (exact) mass is 313 g/mol. The van der Waals surface area contributed by atoms with Crippen LogP contribution < -0.4 is 0 Å². The van der Waals surface area contributed by atoms with Crippen LogP contribution in [0.15, 0.2) is 76.1 Å². The number of hydrogen-bond acceptors (Lipinski definition) is 1. The lowest BCUT2D eigenvalue weighted by atomic mass is 9.81. The second-order valence-electron chi connectivity index (χ2n) is 5.71. The lowest BCUT2D eigenvalue weighted by Crippen LogP contribution is -2.24. The number of hydrogen-bond donors (Lipinski definition) is 0. The zero-order chi connectivity index (χ0) is 15.9. The van der Waals surface area contributed by atoms with Gasteiger partial charge < -0.3 is 0 Å². The number of rotatable bonds is 2. The van der Waals surface area contributed by atoms with E-state index in [1.807, 2.05) is 38.1 Å². The summed E-state index contributed by atoms with van der Waals surface area (Å²) in [7, 11) is 0. The molecule has 1 unspecified atom stereocenters. The Morgan fingerprint density at radius 3 is 2.64 bits per heavy atom. The minimum atomic E-state index is -0.192. The molecule has 1 aromatic rings. The van der Waals surface area contributed by atoms with Crippen molar-refractivity contribution >= 4 is 17.3 Å². The van der Waals surface area contributed by atoms with Crippen LogP contribution in [0, 0.1) is 0 Å². The van der Waals surface area contributed by atoms with Crippen LogP contribution in [0.4, 0.5) is 4.39 Å². The molecule has 0 saturated carbocycles. The fourth-order valence-electron chi connectivity index (χ4n) is 3.07. The number of dihydropyridines is 1. The van der Waals surface area contributed by atoms with E-state index in [0.29, 0.717) is 11.4 Å². The first kappa shape index (κ1) is 15.0. The van der Waals surface area contributed by atoms with Crippen LogP contribution in [-0.2, 0) is 0 Å². The molecule has 0 radical (unpaired) electrons. The van der Waals surface area contributed by atoms with Crippen molar-refractivity contribution < 1.29 is 4.39 Å². The van der Waals surface area contributed by atoms with Gasteiger partial charge in [-0.1, -0.05) is 35.9 Å². The zero-order valence-corrected chi connectivity index (χ0v) is 13.4. The molecule has 22 heavy (non-hydrogen) atoms. The number of benzene rings is 1. The Morgan fingerprint density at radius 2 is 2.00 bits per heavy atom. The van der Waals surface area contributed by atoms with Gasteiger partial charge in [0.15, 0.2) is 0 Å². The lowest BCUT2D eigenvalue weighted by molar-refractivity contribution is 0.632. The summed E-state index contributed by atoms with van der Waals surface area (Å²) in [5.74, 6) is -0.192. The summed E-state index contributed by atoms with van der Waals surface area (Å²) >= 11 is 5.97. The maximum Gasteiger partial charge on any atom is 0.119 e. The molecule has 3 rings (SSSR count). The summed E-state index contributed by atoms with van der Waals surface area (Å²) < 4.78 is 13.7. The summed E-state index contributed by atoms with van der Waals surface area (Å²) in [4.78, 5) is 4.85. The van der Waals surface area contributed by atoms with Gasteiger partial charge in [-0.25, -0.2) is 4.39 Å². The van der Waals surface area contributed by atoms with Crippen LogP contribution in [0.1, 0.15) is 25.8 Å². The van der Waals surface area contributed by atoms with E-state index in [2.05, 4.69) is 6.58 Å². The smallest absolute Gasteiger partial charge is 0.119 e. The van der Waals surface area contributed by atoms with Crippen LogP contribution in [-0.4, -0.2) is 11.8 Å². The average molecular weight is 314 g/mol. The predicted octanol–water partition coefficient (Wildman–Crippen LogP) is 5.59. The molecule has 1 nitrogen and oxygen atoms in total. The summed E-state index contributed by atoms with van der Waals surface area (Å²) in [6.07, 6.45) is 3.76. The fourth-order valence-corrected chi connectivity index (χ4v) is 3.19. The molecular formula is C19H17ClFN. The average Bonchev–Trinajstić information content (AvgIpc) is 2.47. The molecule has 1 aliphatic carbocycles. The maximum atomic E-state index is 13.7. The van der Waals surface area contributed by atoms with Crippen molar-refractivity contribution in [2.24, 2.45) is 4.99 Å². The number of fused-ring (bicyclic) bond motifs is 1. The summed E-state index contributed by atoms with van der Waals surface area (Å²) in [6, 6.07) is 7.61. The molecule has 1 aromatic carbocycles. The largest absolute Gasteiger partial charge is 0.276 e. The SMILES string of the molecule is C=C(C)C1=C(C)C(c2ccc(Cl)cc2)=NC2CC=C(F)C=C12. The summed E-state index contributed by atoms with van der Waals surface area (Å²) in [6.45, 7) is 8.05. The Labute approximate surface area is 135 Å². The molecule has 0 N–H and O–H groups in total. The molecule has 0 fully saturated rings. The van der Waals surface area contributed by atoms with Gasteiger partial charge in [0.05, 0.1) is 11.8 Å². The maximum absolute atomic E-state index is 13.7. The van der Waals surface area contributed by atoms with E-state index in [-0.39, 0.29) is 11.9 Å². The fraction of sp³-hybridized carbons (Fsp3) is 0.211. The molecule has 0 aromatic heterocycles. The quantitative estimate of drug-likeness (QED) is 0.675. The Balaban J connectivity index is 2.15. The second-order valence-corrected chi connectivity index (χ2v) is 6.14. The molecule has 0 amide bonds. The number of allylic oxidation sites excluding steroid dienone is 4. The molecule has 3 heteroatoms. The van der Waals surface area contributed by atoms with Crippen molar-refractivity contribution in [2.45, 2.75) is 26.3 Å². The highest BCUT2D eigenvalue weighted by molar-refractivity contribution is 6.30. The third-order valence-electron chi connectivity index (χ3n) is 4.04. The minimum Gasteiger partial charge on any atom is -0.276 e. The first-order valence-corrected chi connectivity index (χ1v) is 7.63. The van der Waals surface area contributed by atoms with Gasteiger partial charge in [-0.3, -0.25) is 4.99 Å². The molecule has 0 saturated heterocycles. The third-order valence-corrected chi connectivity index (χ3v) is 4.29.